The number of hydrogen-bond donors (Lipinski definition) is 6. The van der Waals surface area contributed by atoms with Crippen molar-refractivity contribution in [1.82, 2.24) is 0 Å². The zero-order valence-electron chi connectivity index (χ0n) is 7.19. The predicted octanol–water partition coefficient (Wildman–Crippen LogP) is -3.53. The summed E-state index contributed by atoms with van der Waals surface area (Å²) in [4.78, 5) is 10.6. The Kier molecular flexibility index (Phi) is 3.07. The molecule has 0 aromatic heterocycles. The fourth-order valence-corrected chi connectivity index (χ4v) is 1.59. The van der Waals surface area contributed by atoms with Gasteiger partial charge < -0.3 is 31.3 Å². The van der Waals surface area contributed by atoms with E-state index in [4.69, 9.17) is 15.9 Å². The molecule has 6 atom stereocenters. The van der Waals surface area contributed by atoms with Crippen LogP contribution in [-0.4, -0.2) is 62.0 Å². The van der Waals surface area contributed by atoms with Gasteiger partial charge in [-0.05, 0) is 0 Å². The quantitative estimate of drug-likeness (QED) is 0.261. The summed E-state index contributed by atoms with van der Waals surface area (Å²) in [7, 11) is 0. The molecular formula is C7H13NO6. The average molecular weight is 207 g/mol. The van der Waals surface area contributed by atoms with E-state index < -0.39 is 42.3 Å². The molecule has 0 aromatic rings. The standard InChI is InChI=1S/C7H13NO6/c8-2-1(7(13)14)3(9)5(11)6(12)4(2)10/h1-6,9-12H,8H2,(H,13,14)/t1-,2-,3-,4+,5+,6+/m1/s1. The van der Waals surface area contributed by atoms with Crippen LogP contribution in [0.1, 0.15) is 0 Å². The van der Waals surface area contributed by atoms with Crippen LogP contribution in [0.4, 0.5) is 0 Å². The minimum Gasteiger partial charge on any atom is -0.481 e. The Hall–Kier alpha value is -0.730. The average Bonchev–Trinajstić information content (AvgIpc) is 2.11. The third-order valence-electron chi connectivity index (χ3n) is 2.51. The van der Waals surface area contributed by atoms with Crippen LogP contribution < -0.4 is 5.73 Å². The van der Waals surface area contributed by atoms with Crippen molar-refractivity contribution in [2.24, 2.45) is 11.7 Å². The number of aliphatic hydroxyl groups is 4. The maximum absolute atomic E-state index is 10.6. The molecule has 0 spiro atoms. The van der Waals surface area contributed by atoms with Gasteiger partial charge in [0.25, 0.3) is 0 Å². The first-order valence-corrected chi connectivity index (χ1v) is 4.08. The molecule has 1 fully saturated rings. The van der Waals surface area contributed by atoms with Crippen molar-refractivity contribution in [2.75, 3.05) is 0 Å². The van der Waals surface area contributed by atoms with E-state index in [0.29, 0.717) is 0 Å². The summed E-state index contributed by atoms with van der Waals surface area (Å²) in [6.07, 6.45) is -6.57. The zero-order chi connectivity index (χ0) is 11.0. The van der Waals surface area contributed by atoms with Gasteiger partial charge in [-0.2, -0.15) is 0 Å². The smallest absolute Gasteiger partial charge is 0.310 e. The topological polar surface area (TPSA) is 144 Å². The fraction of sp³-hybridized carbons (Fsp3) is 0.857. The molecule has 1 saturated carbocycles. The summed E-state index contributed by atoms with van der Waals surface area (Å²) in [6, 6.07) is -1.30. The third kappa shape index (κ3) is 1.60. The summed E-state index contributed by atoms with van der Waals surface area (Å²) in [5, 5.41) is 45.5. The Balaban J connectivity index is 2.92. The first-order valence-electron chi connectivity index (χ1n) is 4.08. The van der Waals surface area contributed by atoms with Crippen molar-refractivity contribution in [3.05, 3.63) is 0 Å². The van der Waals surface area contributed by atoms with Crippen LogP contribution in [0.25, 0.3) is 0 Å². The maximum atomic E-state index is 10.6. The highest BCUT2D eigenvalue weighted by molar-refractivity contribution is 5.72. The lowest BCUT2D eigenvalue weighted by atomic mass is 9.77. The molecule has 82 valence electrons. The van der Waals surface area contributed by atoms with Crippen LogP contribution in [-0.2, 0) is 4.79 Å². The van der Waals surface area contributed by atoms with E-state index in [9.17, 15) is 20.1 Å². The lowest BCUT2D eigenvalue weighted by Crippen LogP contribution is -2.65. The van der Waals surface area contributed by atoms with Crippen LogP contribution >= 0.6 is 0 Å². The van der Waals surface area contributed by atoms with Crippen molar-refractivity contribution < 1.29 is 30.3 Å². The van der Waals surface area contributed by atoms with Gasteiger partial charge in [-0.1, -0.05) is 0 Å². The SMILES string of the molecule is N[C@H]1[C@H](O)[C@H](O)[C@@H](O)[C@H](O)[C@@H]1C(=O)O. The number of rotatable bonds is 1. The second-order valence-corrected chi connectivity index (χ2v) is 3.40. The van der Waals surface area contributed by atoms with Crippen molar-refractivity contribution >= 4 is 5.97 Å². The molecule has 0 heterocycles. The minimum absolute atomic E-state index is 1.30. The largest absolute Gasteiger partial charge is 0.481 e. The molecule has 7 heteroatoms. The molecule has 0 aromatic carbocycles. The lowest BCUT2D eigenvalue weighted by molar-refractivity contribution is -0.183. The van der Waals surface area contributed by atoms with Gasteiger partial charge in [-0.3, -0.25) is 4.79 Å². The number of carbonyl (C=O) groups is 1. The summed E-state index contributed by atoms with van der Waals surface area (Å²) in [5.41, 5.74) is 5.30. The molecule has 0 aliphatic heterocycles. The Labute approximate surface area is 79.4 Å². The molecule has 0 bridgehead atoms. The van der Waals surface area contributed by atoms with E-state index in [1.165, 1.54) is 0 Å². The molecule has 0 radical (unpaired) electrons. The second-order valence-electron chi connectivity index (χ2n) is 3.40. The van der Waals surface area contributed by atoms with Crippen LogP contribution in [0.2, 0.25) is 0 Å². The number of nitrogens with two attached hydrogens (primary N) is 1. The van der Waals surface area contributed by atoms with Crippen LogP contribution in [0, 0.1) is 5.92 Å². The second kappa shape index (κ2) is 3.79. The number of aliphatic carboxylic acids is 1. The Morgan fingerprint density at radius 2 is 1.36 bits per heavy atom. The van der Waals surface area contributed by atoms with Crippen molar-refractivity contribution in [3.8, 4) is 0 Å². The Bertz CT molecular complexity index is 218. The van der Waals surface area contributed by atoms with Gasteiger partial charge in [0.05, 0.1) is 12.2 Å². The predicted molar refractivity (Wildman–Crippen MR) is 43.1 cm³/mol. The number of carboxylic acid groups (broad SMARTS) is 1. The highest BCUT2D eigenvalue weighted by atomic mass is 16.4. The van der Waals surface area contributed by atoms with Crippen molar-refractivity contribution in [1.29, 1.82) is 0 Å². The summed E-state index contributed by atoms with van der Waals surface area (Å²) < 4.78 is 0. The zero-order valence-corrected chi connectivity index (χ0v) is 7.19. The van der Waals surface area contributed by atoms with Gasteiger partial charge in [0.15, 0.2) is 0 Å². The summed E-state index contributed by atoms with van der Waals surface area (Å²) in [6.45, 7) is 0. The number of carboxylic acids is 1. The molecule has 1 aliphatic rings. The molecule has 7 nitrogen and oxygen atoms in total. The van der Waals surface area contributed by atoms with E-state index in [-0.39, 0.29) is 0 Å². The molecule has 0 unspecified atom stereocenters. The van der Waals surface area contributed by atoms with E-state index >= 15 is 0 Å². The number of hydrogen-bond acceptors (Lipinski definition) is 6. The van der Waals surface area contributed by atoms with E-state index in [0.717, 1.165) is 0 Å². The van der Waals surface area contributed by atoms with Crippen LogP contribution in [0.3, 0.4) is 0 Å². The van der Waals surface area contributed by atoms with Gasteiger partial charge in [0.2, 0.25) is 0 Å². The normalized spacial score (nSPS) is 48.9. The Morgan fingerprint density at radius 1 is 0.929 bits per heavy atom. The van der Waals surface area contributed by atoms with E-state index in [2.05, 4.69) is 0 Å². The van der Waals surface area contributed by atoms with Gasteiger partial charge >= 0.3 is 5.97 Å². The maximum Gasteiger partial charge on any atom is 0.310 e. The van der Waals surface area contributed by atoms with E-state index in [1.54, 1.807) is 0 Å². The number of aliphatic hydroxyl groups excluding tert-OH is 4. The van der Waals surface area contributed by atoms with Gasteiger partial charge in [-0.15, -0.1) is 0 Å². The fourth-order valence-electron chi connectivity index (χ4n) is 1.59. The van der Waals surface area contributed by atoms with Crippen molar-refractivity contribution in [3.63, 3.8) is 0 Å². The van der Waals surface area contributed by atoms with Crippen LogP contribution in [0.15, 0.2) is 0 Å². The molecular weight excluding hydrogens is 194 g/mol. The molecule has 14 heavy (non-hydrogen) atoms. The minimum atomic E-state index is -1.70. The highest BCUT2D eigenvalue weighted by Gasteiger charge is 2.50. The monoisotopic (exact) mass is 207 g/mol. The third-order valence-corrected chi connectivity index (χ3v) is 2.51. The van der Waals surface area contributed by atoms with Gasteiger partial charge in [-0.25, -0.2) is 0 Å². The Morgan fingerprint density at radius 3 is 1.79 bits per heavy atom. The highest BCUT2D eigenvalue weighted by Crippen LogP contribution is 2.25. The summed E-state index contributed by atoms with van der Waals surface area (Å²) in [5.74, 6) is -2.90. The first-order chi connectivity index (χ1) is 6.37. The van der Waals surface area contributed by atoms with Gasteiger partial charge in [0, 0.05) is 6.04 Å². The van der Waals surface area contributed by atoms with Crippen molar-refractivity contribution in [2.45, 2.75) is 30.5 Å². The molecule has 0 amide bonds. The van der Waals surface area contributed by atoms with Crippen LogP contribution in [0.5, 0.6) is 0 Å². The summed E-state index contributed by atoms with van der Waals surface area (Å²) >= 11 is 0. The van der Waals surface area contributed by atoms with Gasteiger partial charge in [0.1, 0.15) is 18.1 Å². The molecule has 7 N–H and O–H groups in total. The molecule has 1 rings (SSSR count). The lowest BCUT2D eigenvalue weighted by Gasteiger charge is -2.40. The molecule has 0 saturated heterocycles. The first kappa shape index (κ1) is 11.3. The van der Waals surface area contributed by atoms with E-state index in [1.807, 2.05) is 0 Å². The molecule has 1 aliphatic carbocycles.